The van der Waals surface area contributed by atoms with Crippen molar-refractivity contribution in [3.63, 3.8) is 0 Å². The van der Waals surface area contributed by atoms with Crippen molar-refractivity contribution in [3.05, 3.63) is 87.7 Å². The van der Waals surface area contributed by atoms with Crippen molar-refractivity contribution in [1.29, 1.82) is 0 Å². The van der Waals surface area contributed by atoms with Gasteiger partial charge < -0.3 is 4.90 Å². The molecule has 0 unspecified atom stereocenters. The minimum absolute atomic E-state index is 0.0535. The fraction of sp³-hybridized carbons (Fsp3) is 0.174. The molecule has 0 radical (unpaired) electrons. The highest BCUT2D eigenvalue weighted by Gasteiger charge is 2.43. The summed E-state index contributed by atoms with van der Waals surface area (Å²) >= 11 is 0. The van der Waals surface area contributed by atoms with Crippen molar-refractivity contribution in [1.82, 2.24) is 14.7 Å². The largest absolute Gasteiger partial charge is 0.370 e. The van der Waals surface area contributed by atoms with E-state index in [0.29, 0.717) is 23.6 Å². The van der Waals surface area contributed by atoms with Crippen molar-refractivity contribution >= 4 is 23.1 Å². The third-order valence-electron chi connectivity index (χ3n) is 5.34. The summed E-state index contributed by atoms with van der Waals surface area (Å²) in [5.74, 6) is -1.47. The van der Waals surface area contributed by atoms with Crippen LogP contribution in [-0.2, 0) is 9.59 Å². The number of amides is 2. The molecule has 0 saturated heterocycles. The number of hydrogen-bond donors (Lipinski definition) is 1. The lowest BCUT2D eigenvalue weighted by Crippen LogP contribution is -2.34. The van der Waals surface area contributed by atoms with Gasteiger partial charge in [0.1, 0.15) is 11.5 Å². The molecule has 2 aromatic carbocycles. The van der Waals surface area contributed by atoms with Gasteiger partial charge in [0.25, 0.3) is 17.4 Å². The number of nitrogens with zero attached hydrogens (tertiary/aromatic N) is 3. The second kappa shape index (κ2) is 7.71. The van der Waals surface area contributed by atoms with E-state index in [-0.39, 0.29) is 16.8 Å². The molecule has 3 aromatic rings. The van der Waals surface area contributed by atoms with Crippen LogP contribution < -0.4 is 10.5 Å². The van der Waals surface area contributed by atoms with Gasteiger partial charge in [-0.05, 0) is 50.2 Å². The van der Waals surface area contributed by atoms with E-state index in [4.69, 9.17) is 0 Å². The Bertz CT molecular complexity index is 1260. The smallest absolute Gasteiger partial charge is 0.282 e. The lowest BCUT2D eigenvalue weighted by Gasteiger charge is -2.19. The summed E-state index contributed by atoms with van der Waals surface area (Å²) in [7, 11) is 1.70. The SMILES string of the molecule is CCN(C)C1=C(c2c(C)[nH]n(-c3ccc(F)cc3)c2=O)C(=O)N(c2ccccc2)C1=O. The molecule has 2 heterocycles. The first-order valence-corrected chi connectivity index (χ1v) is 9.82. The number of aromatic amines is 1. The topological polar surface area (TPSA) is 78.4 Å². The molecular formula is C23H21FN4O3. The molecule has 0 aliphatic carbocycles. The standard InChI is InChI=1S/C23H21FN4O3/c1-4-26(3)20-19(21(29)27(23(20)31)16-8-6-5-7-9-16)18-14(2)25-28(22(18)30)17-12-10-15(24)11-13-17/h5-13,25H,4H2,1-3H3. The fourth-order valence-electron chi connectivity index (χ4n) is 3.68. The molecule has 1 aliphatic rings. The number of carbonyl (C=O) groups excluding carboxylic acids is 2. The number of aryl methyl sites for hydroxylation is 1. The number of likely N-dealkylation sites (N-methyl/N-ethyl adjacent to an activating group) is 1. The maximum Gasteiger partial charge on any atom is 0.282 e. The lowest BCUT2D eigenvalue weighted by atomic mass is 10.1. The first-order valence-electron chi connectivity index (χ1n) is 9.82. The Hall–Kier alpha value is -3.94. The van der Waals surface area contributed by atoms with Crippen LogP contribution in [-0.4, -0.2) is 40.1 Å². The summed E-state index contributed by atoms with van der Waals surface area (Å²) in [6, 6.07) is 14.0. The van der Waals surface area contributed by atoms with Crippen LogP contribution in [0.1, 0.15) is 18.2 Å². The van der Waals surface area contributed by atoms with Gasteiger partial charge in [-0.15, -0.1) is 0 Å². The average molecular weight is 420 g/mol. The molecule has 1 aliphatic heterocycles. The van der Waals surface area contributed by atoms with Crippen LogP contribution in [0.15, 0.2) is 65.1 Å². The van der Waals surface area contributed by atoms with E-state index in [2.05, 4.69) is 5.10 Å². The normalized spacial score (nSPS) is 14.0. The van der Waals surface area contributed by atoms with Crippen LogP contribution in [0.4, 0.5) is 10.1 Å². The zero-order chi connectivity index (χ0) is 22.3. The molecule has 0 fully saturated rings. The van der Waals surface area contributed by atoms with E-state index in [9.17, 15) is 18.8 Å². The third-order valence-corrected chi connectivity index (χ3v) is 5.34. The number of benzene rings is 2. The summed E-state index contributed by atoms with van der Waals surface area (Å²) in [5, 5.41) is 2.94. The van der Waals surface area contributed by atoms with Crippen LogP contribution in [0.5, 0.6) is 0 Å². The minimum atomic E-state index is -0.558. The fourth-order valence-corrected chi connectivity index (χ4v) is 3.68. The van der Waals surface area contributed by atoms with Crippen LogP contribution in [0.25, 0.3) is 11.3 Å². The van der Waals surface area contributed by atoms with Gasteiger partial charge in [-0.2, -0.15) is 0 Å². The van der Waals surface area contributed by atoms with E-state index < -0.39 is 23.2 Å². The van der Waals surface area contributed by atoms with Crippen LogP contribution >= 0.6 is 0 Å². The summed E-state index contributed by atoms with van der Waals surface area (Å²) in [6.07, 6.45) is 0. The highest BCUT2D eigenvalue weighted by atomic mass is 19.1. The van der Waals surface area contributed by atoms with Gasteiger partial charge in [0.2, 0.25) is 0 Å². The van der Waals surface area contributed by atoms with E-state index in [0.717, 1.165) is 4.90 Å². The number of H-pyrrole nitrogens is 1. The number of para-hydroxylation sites is 1. The van der Waals surface area contributed by atoms with Gasteiger partial charge in [-0.3, -0.25) is 19.5 Å². The predicted octanol–water partition coefficient (Wildman–Crippen LogP) is 2.85. The van der Waals surface area contributed by atoms with Gasteiger partial charge >= 0.3 is 0 Å². The predicted molar refractivity (Wildman–Crippen MR) is 115 cm³/mol. The van der Waals surface area contributed by atoms with Crippen molar-refractivity contribution in [2.24, 2.45) is 0 Å². The molecule has 158 valence electrons. The first kappa shape index (κ1) is 20.3. The number of nitrogens with one attached hydrogen (secondary N) is 1. The Morgan fingerprint density at radius 1 is 0.935 bits per heavy atom. The molecule has 31 heavy (non-hydrogen) atoms. The summed E-state index contributed by atoms with van der Waals surface area (Å²) in [6.45, 7) is 3.99. The number of hydrogen-bond acceptors (Lipinski definition) is 4. The van der Waals surface area contributed by atoms with Crippen molar-refractivity contribution in [3.8, 4) is 5.69 Å². The molecule has 8 heteroatoms. The second-order valence-electron chi connectivity index (χ2n) is 7.25. The maximum atomic E-state index is 13.5. The number of aromatic nitrogens is 2. The molecule has 0 saturated carbocycles. The Kier molecular flexibility index (Phi) is 5.06. The highest BCUT2D eigenvalue weighted by Crippen LogP contribution is 2.34. The Balaban J connectivity index is 1.91. The van der Waals surface area contributed by atoms with Crippen LogP contribution in [0.3, 0.4) is 0 Å². The number of halogens is 1. The van der Waals surface area contributed by atoms with Crippen molar-refractivity contribution < 1.29 is 14.0 Å². The highest BCUT2D eigenvalue weighted by molar-refractivity contribution is 6.45. The summed E-state index contributed by atoms with van der Waals surface area (Å²) in [4.78, 5) is 42.8. The Labute approximate surface area is 178 Å². The molecule has 4 rings (SSSR count). The molecule has 2 amide bonds. The van der Waals surface area contributed by atoms with E-state index in [1.165, 1.54) is 28.9 Å². The number of rotatable bonds is 5. The van der Waals surface area contributed by atoms with Gasteiger partial charge in [-0.1, -0.05) is 18.2 Å². The van der Waals surface area contributed by atoms with Crippen molar-refractivity contribution in [2.75, 3.05) is 18.5 Å². The van der Waals surface area contributed by atoms with Crippen LogP contribution in [0, 0.1) is 12.7 Å². The van der Waals surface area contributed by atoms with E-state index >= 15 is 0 Å². The third kappa shape index (κ3) is 3.26. The minimum Gasteiger partial charge on any atom is -0.370 e. The number of imide groups is 1. The number of carbonyl (C=O) groups is 2. The monoisotopic (exact) mass is 420 g/mol. The van der Waals surface area contributed by atoms with Gasteiger partial charge in [0, 0.05) is 19.3 Å². The summed E-state index contributed by atoms with van der Waals surface area (Å²) < 4.78 is 14.6. The van der Waals surface area contributed by atoms with Crippen LogP contribution in [0.2, 0.25) is 0 Å². The molecule has 7 nitrogen and oxygen atoms in total. The average Bonchev–Trinajstić information content (AvgIpc) is 3.20. The Morgan fingerprint density at radius 2 is 1.58 bits per heavy atom. The molecule has 1 aromatic heterocycles. The zero-order valence-corrected chi connectivity index (χ0v) is 17.3. The van der Waals surface area contributed by atoms with Gasteiger partial charge in [-0.25, -0.2) is 14.0 Å². The molecule has 0 bridgehead atoms. The molecule has 0 spiro atoms. The quantitative estimate of drug-likeness (QED) is 0.644. The Morgan fingerprint density at radius 3 is 2.19 bits per heavy atom. The second-order valence-corrected chi connectivity index (χ2v) is 7.25. The zero-order valence-electron chi connectivity index (χ0n) is 17.3. The number of anilines is 1. The van der Waals surface area contributed by atoms with Crippen molar-refractivity contribution in [2.45, 2.75) is 13.8 Å². The van der Waals surface area contributed by atoms with E-state index in [1.54, 1.807) is 49.2 Å². The lowest BCUT2D eigenvalue weighted by molar-refractivity contribution is -0.120. The van der Waals surface area contributed by atoms with Gasteiger partial charge in [0.05, 0.1) is 22.5 Å². The maximum absolute atomic E-state index is 13.5. The molecular weight excluding hydrogens is 399 g/mol. The molecule has 1 N–H and O–H groups in total. The summed E-state index contributed by atoms with van der Waals surface area (Å²) in [5.41, 5.74) is 1.14. The van der Waals surface area contributed by atoms with Gasteiger partial charge in [0.15, 0.2) is 0 Å². The first-order chi connectivity index (χ1) is 14.8. The van der Waals surface area contributed by atoms with E-state index in [1.807, 2.05) is 6.92 Å². The molecule has 0 atom stereocenters.